The summed E-state index contributed by atoms with van der Waals surface area (Å²) < 4.78 is 28.4. The molecule has 0 aliphatic carbocycles. The van der Waals surface area contributed by atoms with Gasteiger partial charge >= 0.3 is 0 Å². The maximum atomic E-state index is 11.4. The first-order chi connectivity index (χ1) is 7.12. The van der Waals surface area contributed by atoms with Crippen LogP contribution in [-0.2, 0) is 20.2 Å². The first-order valence-electron chi connectivity index (χ1n) is 5.06. The third kappa shape index (κ3) is 1.40. The van der Waals surface area contributed by atoms with Crippen LogP contribution in [0.15, 0.2) is 30.3 Å². The number of hydrogen-bond acceptors (Lipinski definition) is 3. The van der Waals surface area contributed by atoms with Crippen LogP contribution in [0.3, 0.4) is 0 Å². The van der Waals surface area contributed by atoms with E-state index < -0.39 is 9.84 Å². The first kappa shape index (κ1) is 9.36. The van der Waals surface area contributed by atoms with E-state index in [1.54, 1.807) is 0 Å². The van der Waals surface area contributed by atoms with Gasteiger partial charge in [0.05, 0.1) is 11.5 Å². The topological polar surface area (TPSA) is 46.7 Å². The number of sulfone groups is 1. The molecule has 2 fully saturated rings. The lowest BCUT2D eigenvalue weighted by molar-refractivity contribution is 0.296. The fourth-order valence-electron chi connectivity index (χ4n) is 2.35. The highest BCUT2D eigenvalue weighted by atomic mass is 32.2. The Labute approximate surface area is 89.0 Å². The minimum absolute atomic E-state index is 0.112. The molecule has 80 valence electrons. The van der Waals surface area contributed by atoms with Crippen molar-refractivity contribution in [2.24, 2.45) is 0 Å². The van der Waals surface area contributed by atoms with Gasteiger partial charge in [0.1, 0.15) is 11.7 Å². The van der Waals surface area contributed by atoms with Crippen LogP contribution in [0.5, 0.6) is 0 Å². The van der Waals surface area contributed by atoms with E-state index in [0.29, 0.717) is 6.42 Å². The summed E-state index contributed by atoms with van der Waals surface area (Å²) >= 11 is 0. The van der Waals surface area contributed by atoms with Gasteiger partial charge in [0.15, 0.2) is 9.84 Å². The van der Waals surface area contributed by atoms with Gasteiger partial charge in [0.2, 0.25) is 0 Å². The summed E-state index contributed by atoms with van der Waals surface area (Å²) in [5.74, 6) is 0.431. The molecule has 4 heteroatoms. The van der Waals surface area contributed by atoms with Crippen LogP contribution in [-0.4, -0.2) is 26.0 Å². The molecule has 0 unspecified atom stereocenters. The summed E-state index contributed by atoms with van der Waals surface area (Å²) in [6.07, 6.45) is 0.489. The van der Waals surface area contributed by atoms with E-state index in [-0.39, 0.29) is 23.2 Å². The average molecular weight is 224 g/mol. The van der Waals surface area contributed by atoms with Crippen LogP contribution in [0, 0.1) is 0 Å². The van der Waals surface area contributed by atoms with Crippen LogP contribution in [0.25, 0.3) is 0 Å². The van der Waals surface area contributed by atoms with Gasteiger partial charge in [-0.15, -0.1) is 0 Å². The predicted octanol–water partition coefficient (Wildman–Crippen LogP) is 1.10. The molecule has 0 bridgehead atoms. The Bertz CT molecular complexity index is 480. The van der Waals surface area contributed by atoms with Crippen LogP contribution in [0.2, 0.25) is 0 Å². The zero-order valence-electron chi connectivity index (χ0n) is 8.22. The Balaban J connectivity index is 1.93. The molecule has 2 saturated heterocycles. The van der Waals surface area contributed by atoms with Gasteiger partial charge in [-0.25, -0.2) is 8.42 Å². The van der Waals surface area contributed by atoms with E-state index in [4.69, 9.17) is 4.74 Å². The lowest BCUT2D eigenvalue weighted by Crippen LogP contribution is -2.30. The molecule has 0 amide bonds. The lowest BCUT2D eigenvalue weighted by Gasteiger charge is -2.17. The van der Waals surface area contributed by atoms with Crippen LogP contribution in [0.1, 0.15) is 12.0 Å². The minimum Gasteiger partial charge on any atom is -0.360 e. The van der Waals surface area contributed by atoms with Gasteiger partial charge in [-0.05, 0) is 12.0 Å². The maximum Gasteiger partial charge on any atom is 0.153 e. The van der Waals surface area contributed by atoms with E-state index in [0.717, 1.165) is 5.56 Å². The zero-order chi connectivity index (χ0) is 10.5. The molecule has 15 heavy (non-hydrogen) atoms. The van der Waals surface area contributed by atoms with Crippen LogP contribution in [0.4, 0.5) is 0 Å². The molecule has 0 radical (unpaired) electrons. The molecule has 2 aliphatic heterocycles. The molecule has 3 rings (SSSR count). The van der Waals surface area contributed by atoms with E-state index in [2.05, 4.69) is 0 Å². The third-order valence-electron chi connectivity index (χ3n) is 3.27. The van der Waals surface area contributed by atoms with Gasteiger partial charge < -0.3 is 4.74 Å². The molecular formula is C11H12O3S. The Hall–Kier alpha value is -0.870. The van der Waals surface area contributed by atoms with Crippen molar-refractivity contribution in [2.75, 3.05) is 11.5 Å². The number of epoxide rings is 1. The highest BCUT2D eigenvalue weighted by Crippen LogP contribution is 2.52. The summed E-state index contributed by atoms with van der Waals surface area (Å²) in [7, 11) is -2.86. The largest absolute Gasteiger partial charge is 0.360 e. The SMILES string of the molecule is O=S1(=O)CC[C@@]2(c3ccccc3)O[C@@H]2C1. The van der Waals surface area contributed by atoms with E-state index in [1.165, 1.54) is 0 Å². The van der Waals surface area contributed by atoms with Crippen LogP contribution < -0.4 is 0 Å². The van der Waals surface area contributed by atoms with Crippen molar-refractivity contribution in [3.63, 3.8) is 0 Å². The summed E-state index contributed by atoms with van der Waals surface area (Å²) in [6.45, 7) is 0. The molecule has 1 aromatic rings. The predicted molar refractivity (Wildman–Crippen MR) is 56.3 cm³/mol. The molecule has 0 saturated carbocycles. The number of ether oxygens (including phenoxy) is 1. The molecule has 0 spiro atoms. The monoisotopic (exact) mass is 224 g/mol. The molecule has 2 heterocycles. The van der Waals surface area contributed by atoms with Gasteiger partial charge in [0.25, 0.3) is 0 Å². The third-order valence-corrected chi connectivity index (χ3v) is 4.90. The summed E-state index contributed by atoms with van der Waals surface area (Å²) in [4.78, 5) is 0. The van der Waals surface area contributed by atoms with Crippen LogP contribution >= 0.6 is 0 Å². The van der Waals surface area contributed by atoms with E-state index in [9.17, 15) is 8.42 Å². The molecule has 3 nitrogen and oxygen atoms in total. The zero-order valence-corrected chi connectivity index (χ0v) is 9.03. The maximum absolute atomic E-state index is 11.4. The second kappa shape index (κ2) is 2.83. The van der Waals surface area contributed by atoms with Crippen molar-refractivity contribution in [1.29, 1.82) is 0 Å². The Morgan fingerprint density at radius 2 is 2.00 bits per heavy atom. The molecule has 1 aromatic carbocycles. The summed E-state index contributed by atoms with van der Waals surface area (Å²) in [5, 5.41) is 0. The fourth-order valence-corrected chi connectivity index (χ4v) is 3.93. The number of benzene rings is 1. The van der Waals surface area contributed by atoms with Crippen molar-refractivity contribution < 1.29 is 13.2 Å². The quantitative estimate of drug-likeness (QED) is 0.671. The fraction of sp³-hybridized carbons (Fsp3) is 0.455. The van der Waals surface area contributed by atoms with Gasteiger partial charge in [0, 0.05) is 0 Å². The molecule has 2 aliphatic rings. The number of hydrogen-bond donors (Lipinski definition) is 0. The number of rotatable bonds is 1. The molecule has 0 N–H and O–H groups in total. The van der Waals surface area contributed by atoms with Crippen molar-refractivity contribution in [2.45, 2.75) is 18.1 Å². The summed E-state index contributed by atoms with van der Waals surface area (Å²) in [6, 6.07) is 9.91. The normalized spacial score (nSPS) is 36.9. The van der Waals surface area contributed by atoms with Crippen molar-refractivity contribution >= 4 is 9.84 Å². The second-order valence-corrected chi connectivity index (χ2v) is 6.46. The molecular weight excluding hydrogens is 212 g/mol. The standard InChI is InChI=1S/C11H12O3S/c12-15(13)7-6-11(10(8-15)14-11)9-4-2-1-3-5-9/h1-5,10H,6-8H2/t10-,11+/m1/s1. The highest BCUT2D eigenvalue weighted by molar-refractivity contribution is 7.91. The smallest absolute Gasteiger partial charge is 0.153 e. The van der Waals surface area contributed by atoms with E-state index in [1.807, 2.05) is 30.3 Å². The first-order valence-corrected chi connectivity index (χ1v) is 6.88. The van der Waals surface area contributed by atoms with Gasteiger partial charge in [-0.3, -0.25) is 0 Å². The lowest BCUT2D eigenvalue weighted by atomic mass is 9.93. The van der Waals surface area contributed by atoms with Crippen molar-refractivity contribution in [1.82, 2.24) is 0 Å². The van der Waals surface area contributed by atoms with Crippen molar-refractivity contribution in [3.05, 3.63) is 35.9 Å². The summed E-state index contributed by atoms with van der Waals surface area (Å²) in [5.41, 5.74) is 0.831. The molecule has 0 aromatic heterocycles. The van der Waals surface area contributed by atoms with Crippen molar-refractivity contribution in [3.8, 4) is 0 Å². The van der Waals surface area contributed by atoms with Gasteiger partial charge in [-0.1, -0.05) is 30.3 Å². The minimum atomic E-state index is -2.86. The van der Waals surface area contributed by atoms with Gasteiger partial charge in [-0.2, -0.15) is 0 Å². The number of fused-ring (bicyclic) bond motifs is 1. The Kier molecular flexibility index (Phi) is 1.77. The second-order valence-electron chi connectivity index (χ2n) is 4.23. The highest BCUT2D eigenvalue weighted by Gasteiger charge is 2.61. The Morgan fingerprint density at radius 1 is 1.27 bits per heavy atom. The van der Waals surface area contributed by atoms with E-state index >= 15 is 0 Å². The average Bonchev–Trinajstić information content (AvgIpc) is 2.92. The Morgan fingerprint density at radius 3 is 2.67 bits per heavy atom. The molecule has 2 atom stereocenters.